The lowest BCUT2D eigenvalue weighted by Gasteiger charge is -2.62. The predicted octanol–water partition coefficient (Wildman–Crippen LogP) is 3.61. The molecule has 7 heteroatoms. The van der Waals surface area contributed by atoms with Crippen molar-refractivity contribution in [1.82, 2.24) is 0 Å². The summed E-state index contributed by atoms with van der Waals surface area (Å²) in [6, 6.07) is 0. The van der Waals surface area contributed by atoms with E-state index in [1.54, 1.807) is 0 Å². The molecule has 178 valence electrons. The van der Waals surface area contributed by atoms with Gasteiger partial charge in [0.25, 0.3) is 0 Å². The summed E-state index contributed by atoms with van der Waals surface area (Å²) in [6.07, 6.45) is 4.12. The van der Waals surface area contributed by atoms with Crippen molar-refractivity contribution in [2.75, 3.05) is 0 Å². The fourth-order valence-electron chi connectivity index (χ4n) is 7.94. The minimum absolute atomic E-state index is 0.0198. The van der Waals surface area contributed by atoms with Gasteiger partial charge in [0, 0.05) is 33.1 Å². The number of carbonyl (C=O) groups excluding carboxylic acids is 4. The van der Waals surface area contributed by atoms with E-state index in [-0.39, 0.29) is 65.0 Å². The molecule has 9 atom stereocenters. The third kappa shape index (κ3) is 3.65. The van der Waals surface area contributed by atoms with E-state index in [0.717, 1.165) is 25.7 Å². The summed E-state index contributed by atoms with van der Waals surface area (Å²) < 4.78 is 17.3. The van der Waals surface area contributed by atoms with Gasteiger partial charge in [-0.1, -0.05) is 6.92 Å². The number of carbonyl (C=O) groups is 4. The molecule has 0 amide bonds. The van der Waals surface area contributed by atoms with Crippen LogP contribution in [-0.4, -0.2) is 42.0 Å². The monoisotopic (exact) mass is 448 g/mol. The zero-order valence-corrected chi connectivity index (χ0v) is 19.8. The lowest BCUT2D eigenvalue weighted by molar-refractivity contribution is -0.215. The molecule has 0 aromatic heterocycles. The maximum Gasteiger partial charge on any atom is 0.302 e. The fraction of sp³-hybridized carbons (Fsp3) is 0.840. The Morgan fingerprint density at radius 3 is 2.12 bits per heavy atom. The molecular weight excluding hydrogens is 412 g/mol. The number of hydrogen-bond donors (Lipinski definition) is 0. The Balaban J connectivity index is 1.72. The molecule has 32 heavy (non-hydrogen) atoms. The van der Waals surface area contributed by atoms with Crippen molar-refractivity contribution >= 4 is 23.7 Å². The van der Waals surface area contributed by atoms with Gasteiger partial charge in [-0.2, -0.15) is 0 Å². The van der Waals surface area contributed by atoms with Gasteiger partial charge in [0.05, 0.1) is 5.41 Å². The van der Waals surface area contributed by atoms with E-state index in [1.165, 1.54) is 20.8 Å². The molecule has 0 saturated heterocycles. The van der Waals surface area contributed by atoms with Gasteiger partial charge in [0.1, 0.15) is 24.1 Å². The van der Waals surface area contributed by atoms with Gasteiger partial charge in [-0.3, -0.25) is 19.2 Å². The number of rotatable bonds is 3. The standard InChI is InChI=1S/C25H36O7/c1-13(26)30-17-8-9-24(4)16(10-17)11-20(31-14(2)27)23-18-6-7-21(29)25(18,5)22(12-19(23)24)32-15(3)28/h16-20,22-23H,6-12H2,1-5H3. The van der Waals surface area contributed by atoms with Crippen LogP contribution in [0.1, 0.15) is 79.6 Å². The summed E-state index contributed by atoms with van der Waals surface area (Å²) in [5.74, 6) is -0.308. The summed E-state index contributed by atoms with van der Waals surface area (Å²) in [5, 5.41) is 0. The molecule has 4 aliphatic rings. The highest BCUT2D eigenvalue weighted by atomic mass is 16.6. The number of Topliss-reactive ketones (excluding diaryl/α,β-unsaturated/α-hetero) is 1. The number of ether oxygens (including phenoxy) is 3. The Bertz CT molecular complexity index is 821. The summed E-state index contributed by atoms with van der Waals surface area (Å²) in [4.78, 5) is 48.7. The zero-order chi connectivity index (χ0) is 23.4. The molecule has 0 N–H and O–H groups in total. The maximum atomic E-state index is 13.1. The average molecular weight is 449 g/mol. The van der Waals surface area contributed by atoms with Gasteiger partial charge in [0.2, 0.25) is 0 Å². The van der Waals surface area contributed by atoms with E-state index in [1.807, 2.05) is 6.92 Å². The molecule has 9 unspecified atom stereocenters. The molecule has 4 rings (SSSR count). The molecule has 0 bridgehead atoms. The molecule has 0 heterocycles. The molecule has 4 fully saturated rings. The molecule has 0 radical (unpaired) electrons. The normalized spacial score (nSPS) is 45.2. The minimum Gasteiger partial charge on any atom is -0.463 e. The largest absolute Gasteiger partial charge is 0.463 e. The van der Waals surface area contributed by atoms with Crippen LogP contribution in [-0.2, 0) is 33.4 Å². The van der Waals surface area contributed by atoms with Crippen molar-refractivity contribution in [3.05, 3.63) is 0 Å². The molecular formula is C25H36O7. The average Bonchev–Trinajstić information content (AvgIpc) is 2.98. The molecule has 0 spiro atoms. The van der Waals surface area contributed by atoms with E-state index in [0.29, 0.717) is 19.3 Å². The Morgan fingerprint density at radius 2 is 1.50 bits per heavy atom. The fourth-order valence-corrected chi connectivity index (χ4v) is 7.94. The zero-order valence-electron chi connectivity index (χ0n) is 19.8. The van der Waals surface area contributed by atoms with Crippen molar-refractivity contribution in [3.63, 3.8) is 0 Å². The number of ketones is 1. The van der Waals surface area contributed by atoms with E-state index >= 15 is 0 Å². The third-order valence-corrected chi connectivity index (χ3v) is 9.36. The summed E-state index contributed by atoms with van der Waals surface area (Å²) in [5.41, 5.74) is -0.785. The van der Waals surface area contributed by atoms with Crippen LogP contribution in [0.4, 0.5) is 0 Å². The topological polar surface area (TPSA) is 96.0 Å². The van der Waals surface area contributed by atoms with E-state index in [4.69, 9.17) is 14.2 Å². The first-order valence-electron chi connectivity index (χ1n) is 12.0. The van der Waals surface area contributed by atoms with Crippen molar-refractivity contribution < 1.29 is 33.4 Å². The summed E-state index contributed by atoms with van der Waals surface area (Å²) in [6.45, 7) is 8.53. The summed E-state index contributed by atoms with van der Waals surface area (Å²) >= 11 is 0. The molecule has 4 aliphatic carbocycles. The van der Waals surface area contributed by atoms with Crippen molar-refractivity contribution in [3.8, 4) is 0 Å². The first kappa shape index (κ1) is 23.2. The molecule has 0 aromatic rings. The Hall–Kier alpha value is -1.92. The minimum atomic E-state index is -0.733. The van der Waals surface area contributed by atoms with E-state index in [9.17, 15) is 19.2 Å². The maximum absolute atomic E-state index is 13.1. The predicted molar refractivity (Wildman–Crippen MR) is 114 cm³/mol. The van der Waals surface area contributed by atoms with Gasteiger partial charge in [-0.05, 0) is 68.6 Å². The van der Waals surface area contributed by atoms with Gasteiger partial charge in [0.15, 0.2) is 0 Å². The quantitative estimate of drug-likeness (QED) is 0.481. The highest BCUT2D eigenvalue weighted by Crippen LogP contribution is 2.66. The highest BCUT2D eigenvalue weighted by molar-refractivity contribution is 5.88. The van der Waals surface area contributed by atoms with Crippen molar-refractivity contribution in [2.24, 2.45) is 34.5 Å². The van der Waals surface area contributed by atoms with Gasteiger partial charge in [-0.15, -0.1) is 0 Å². The second-order valence-corrected chi connectivity index (χ2v) is 11.0. The second-order valence-electron chi connectivity index (χ2n) is 11.0. The van der Waals surface area contributed by atoms with Crippen molar-refractivity contribution in [2.45, 2.75) is 97.9 Å². The smallest absolute Gasteiger partial charge is 0.302 e. The van der Waals surface area contributed by atoms with Crippen LogP contribution in [0.25, 0.3) is 0 Å². The lowest BCUT2D eigenvalue weighted by Crippen LogP contribution is -2.63. The van der Waals surface area contributed by atoms with Gasteiger partial charge in [-0.25, -0.2) is 0 Å². The SMILES string of the molecule is CC(=O)OC1CCC2(C)C(C1)CC(OC(C)=O)C1C2CC(OC(C)=O)C2(C)C(=O)CCC12. The Labute approximate surface area is 189 Å². The second kappa shape index (κ2) is 8.14. The van der Waals surface area contributed by atoms with E-state index < -0.39 is 11.5 Å². The van der Waals surface area contributed by atoms with Crippen molar-refractivity contribution in [1.29, 1.82) is 0 Å². The van der Waals surface area contributed by atoms with Crippen LogP contribution in [0.2, 0.25) is 0 Å². The van der Waals surface area contributed by atoms with Gasteiger partial charge >= 0.3 is 17.9 Å². The van der Waals surface area contributed by atoms with Crippen LogP contribution >= 0.6 is 0 Å². The van der Waals surface area contributed by atoms with Crippen LogP contribution in [0.15, 0.2) is 0 Å². The van der Waals surface area contributed by atoms with Crippen LogP contribution in [0.3, 0.4) is 0 Å². The van der Waals surface area contributed by atoms with Gasteiger partial charge < -0.3 is 14.2 Å². The number of esters is 3. The van der Waals surface area contributed by atoms with Crippen LogP contribution < -0.4 is 0 Å². The summed E-state index contributed by atoms with van der Waals surface area (Å²) in [7, 11) is 0. The van der Waals surface area contributed by atoms with E-state index in [2.05, 4.69) is 6.92 Å². The number of hydrogen-bond acceptors (Lipinski definition) is 7. The molecule has 0 aliphatic heterocycles. The third-order valence-electron chi connectivity index (χ3n) is 9.36. The number of fused-ring (bicyclic) bond motifs is 5. The molecule has 7 nitrogen and oxygen atoms in total. The first-order chi connectivity index (χ1) is 15.0. The Kier molecular flexibility index (Phi) is 5.91. The molecule has 0 aromatic carbocycles. The highest BCUT2D eigenvalue weighted by Gasteiger charge is 2.67. The Morgan fingerprint density at radius 1 is 0.844 bits per heavy atom. The van der Waals surface area contributed by atoms with Crippen LogP contribution in [0, 0.1) is 34.5 Å². The molecule has 4 saturated carbocycles. The first-order valence-corrected chi connectivity index (χ1v) is 12.0. The lowest BCUT2D eigenvalue weighted by atomic mass is 9.44. The van der Waals surface area contributed by atoms with Crippen LogP contribution in [0.5, 0.6) is 0 Å².